The van der Waals surface area contributed by atoms with E-state index in [1.165, 1.54) is 6.20 Å². The number of hydrogen-bond donors (Lipinski definition) is 2. The maximum atomic E-state index is 12.1. The molecule has 2 aromatic carbocycles. The molecule has 0 aliphatic heterocycles. The fourth-order valence-electron chi connectivity index (χ4n) is 3.13. The van der Waals surface area contributed by atoms with Gasteiger partial charge >= 0.3 is 0 Å². The lowest BCUT2D eigenvalue weighted by atomic mass is 10.2. The van der Waals surface area contributed by atoms with Crippen molar-refractivity contribution in [1.29, 1.82) is 5.26 Å². The van der Waals surface area contributed by atoms with Crippen LogP contribution in [0.4, 0.5) is 0 Å². The molecule has 0 bridgehead atoms. The van der Waals surface area contributed by atoms with Crippen molar-refractivity contribution in [1.82, 2.24) is 19.9 Å². The van der Waals surface area contributed by atoms with Crippen molar-refractivity contribution in [2.45, 2.75) is 0 Å². The lowest BCUT2D eigenvalue weighted by molar-refractivity contribution is 0.416. The van der Waals surface area contributed by atoms with E-state index in [4.69, 9.17) is 14.7 Å². The molecular weight excluding hydrogens is 406 g/mol. The van der Waals surface area contributed by atoms with Crippen LogP contribution in [-0.2, 0) is 0 Å². The molecule has 8 nitrogen and oxygen atoms in total. The second-order valence-corrected chi connectivity index (χ2v) is 6.82. The summed E-state index contributed by atoms with van der Waals surface area (Å²) in [6, 6.07) is 21.0. The summed E-state index contributed by atoms with van der Waals surface area (Å²) >= 11 is 0. The molecule has 0 unspecified atom stereocenters. The molecule has 0 aliphatic carbocycles. The Morgan fingerprint density at radius 2 is 1.75 bits per heavy atom. The van der Waals surface area contributed by atoms with Crippen molar-refractivity contribution >= 4 is 11.0 Å². The van der Waals surface area contributed by atoms with E-state index in [1.54, 1.807) is 54.7 Å². The number of nitrogens with zero attached hydrogens (tertiary/aromatic N) is 3. The summed E-state index contributed by atoms with van der Waals surface area (Å²) in [4.78, 5) is 26.9. The van der Waals surface area contributed by atoms with Crippen molar-refractivity contribution in [3.63, 3.8) is 0 Å². The summed E-state index contributed by atoms with van der Waals surface area (Å²) in [7, 11) is 0. The number of aromatic nitrogens is 4. The zero-order valence-corrected chi connectivity index (χ0v) is 16.6. The van der Waals surface area contributed by atoms with Gasteiger partial charge in [0, 0.05) is 24.5 Å². The number of pyridine rings is 2. The van der Waals surface area contributed by atoms with Crippen molar-refractivity contribution in [3.8, 4) is 40.6 Å². The van der Waals surface area contributed by atoms with Gasteiger partial charge in [0.15, 0.2) is 23.1 Å². The molecule has 0 saturated heterocycles. The monoisotopic (exact) mass is 421 g/mol. The molecule has 8 heteroatoms. The van der Waals surface area contributed by atoms with E-state index in [9.17, 15) is 4.79 Å². The number of aromatic amines is 2. The molecule has 0 fully saturated rings. The number of fused-ring (bicyclic) bond motifs is 1. The number of benzene rings is 2. The molecule has 0 atom stereocenters. The Morgan fingerprint density at radius 3 is 2.50 bits per heavy atom. The van der Waals surface area contributed by atoms with Gasteiger partial charge in [-0.3, -0.25) is 9.78 Å². The minimum Gasteiger partial charge on any atom is -0.453 e. The standard InChI is InChI=1S/C24H15N5O3/c25-14-15-6-8-16(9-7-15)31-21-12-18-19(29-23(28-18)17-4-1-2-10-26-17)13-22(21)32-20-5-3-11-27-24(20)30/h1-13H,(H,27,30)(H,28,29). The maximum Gasteiger partial charge on any atom is 0.290 e. The Bertz CT molecular complexity index is 1500. The van der Waals surface area contributed by atoms with Crippen molar-refractivity contribution in [2.75, 3.05) is 0 Å². The number of nitriles is 1. The molecular formula is C24H15N5O3. The van der Waals surface area contributed by atoms with Crippen LogP contribution < -0.4 is 15.0 Å². The van der Waals surface area contributed by atoms with E-state index in [2.05, 4.69) is 26.0 Å². The van der Waals surface area contributed by atoms with E-state index in [-0.39, 0.29) is 11.3 Å². The normalized spacial score (nSPS) is 10.6. The zero-order valence-electron chi connectivity index (χ0n) is 16.6. The summed E-state index contributed by atoms with van der Waals surface area (Å²) < 4.78 is 11.9. The Kier molecular flexibility index (Phi) is 4.82. The van der Waals surface area contributed by atoms with Crippen LogP contribution in [-0.4, -0.2) is 19.9 Å². The number of rotatable bonds is 5. The minimum atomic E-state index is -0.367. The summed E-state index contributed by atoms with van der Waals surface area (Å²) in [5.74, 6) is 1.93. The Morgan fingerprint density at radius 1 is 0.906 bits per heavy atom. The van der Waals surface area contributed by atoms with Gasteiger partial charge in [0.05, 0.1) is 22.7 Å². The second kappa shape index (κ2) is 8.08. The molecule has 0 aliphatic rings. The molecule has 3 heterocycles. The molecule has 0 saturated carbocycles. The molecule has 2 N–H and O–H groups in total. The topological polar surface area (TPSA) is 117 Å². The molecule has 0 amide bonds. The number of imidazole rings is 1. The van der Waals surface area contributed by atoms with E-state index >= 15 is 0 Å². The van der Waals surface area contributed by atoms with Gasteiger partial charge in [-0.05, 0) is 48.5 Å². The summed E-state index contributed by atoms with van der Waals surface area (Å²) in [6.45, 7) is 0. The highest BCUT2D eigenvalue weighted by molar-refractivity contribution is 5.83. The Balaban J connectivity index is 1.60. The first-order valence-corrected chi connectivity index (χ1v) is 9.68. The molecule has 5 aromatic rings. The minimum absolute atomic E-state index is 0.122. The average Bonchev–Trinajstić information content (AvgIpc) is 3.25. The summed E-state index contributed by atoms with van der Waals surface area (Å²) in [5, 5.41) is 9.01. The van der Waals surface area contributed by atoms with Gasteiger partial charge in [-0.25, -0.2) is 4.98 Å². The number of nitrogens with one attached hydrogen (secondary N) is 2. The van der Waals surface area contributed by atoms with Crippen molar-refractivity contribution in [3.05, 3.63) is 95.0 Å². The molecule has 5 rings (SSSR count). The smallest absolute Gasteiger partial charge is 0.290 e. The quantitative estimate of drug-likeness (QED) is 0.422. The first-order chi connectivity index (χ1) is 15.7. The van der Waals surface area contributed by atoms with Crippen LogP contribution in [0.1, 0.15) is 5.56 Å². The van der Waals surface area contributed by atoms with Crippen LogP contribution in [0.15, 0.2) is 83.9 Å². The molecule has 32 heavy (non-hydrogen) atoms. The number of H-pyrrole nitrogens is 2. The molecule has 3 aromatic heterocycles. The van der Waals surface area contributed by atoms with E-state index in [0.29, 0.717) is 45.4 Å². The third-order valence-electron chi connectivity index (χ3n) is 4.67. The molecule has 0 radical (unpaired) electrons. The predicted octanol–water partition coefficient (Wildman–Crippen LogP) is 4.77. The zero-order chi connectivity index (χ0) is 21.9. The fraction of sp³-hybridized carbons (Fsp3) is 0. The second-order valence-electron chi connectivity index (χ2n) is 6.82. The summed E-state index contributed by atoms with van der Waals surface area (Å²) in [6.07, 6.45) is 3.22. The molecule has 0 spiro atoms. The van der Waals surface area contributed by atoms with Gasteiger partial charge < -0.3 is 19.4 Å². The summed E-state index contributed by atoms with van der Waals surface area (Å²) in [5.41, 5.74) is 2.19. The third kappa shape index (κ3) is 3.78. The maximum absolute atomic E-state index is 12.1. The van der Waals surface area contributed by atoms with Gasteiger partial charge in [-0.1, -0.05) is 6.07 Å². The number of ether oxygens (including phenoxy) is 2. The van der Waals surface area contributed by atoms with E-state index in [0.717, 1.165) is 0 Å². The molecule has 154 valence electrons. The predicted molar refractivity (Wildman–Crippen MR) is 118 cm³/mol. The van der Waals surface area contributed by atoms with E-state index in [1.807, 2.05) is 18.2 Å². The first-order valence-electron chi connectivity index (χ1n) is 9.68. The van der Waals surface area contributed by atoms with Crippen LogP contribution in [0.25, 0.3) is 22.6 Å². The van der Waals surface area contributed by atoms with Crippen LogP contribution in [0.5, 0.6) is 23.0 Å². The van der Waals surface area contributed by atoms with Gasteiger partial charge in [0.25, 0.3) is 5.56 Å². The highest BCUT2D eigenvalue weighted by Crippen LogP contribution is 2.37. The fourth-order valence-corrected chi connectivity index (χ4v) is 3.13. The SMILES string of the molecule is N#Cc1ccc(Oc2cc3[nH]c(-c4ccccn4)nc3cc2Oc2ccc[nH]c2=O)cc1. The Labute approximate surface area is 181 Å². The highest BCUT2D eigenvalue weighted by Gasteiger charge is 2.15. The van der Waals surface area contributed by atoms with Gasteiger partial charge in [0.2, 0.25) is 0 Å². The van der Waals surface area contributed by atoms with Crippen molar-refractivity contribution < 1.29 is 9.47 Å². The third-order valence-corrected chi connectivity index (χ3v) is 4.67. The van der Waals surface area contributed by atoms with Crippen LogP contribution in [0, 0.1) is 11.3 Å². The Hall–Kier alpha value is -4.90. The van der Waals surface area contributed by atoms with Crippen LogP contribution >= 0.6 is 0 Å². The van der Waals surface area contributed by atoms with Crippen LogP contribution in [0.3, 0.4) is 0 Å². The van der Waals surface area contributed by atoms with Gasteiger partial charge in [-0.2, -0.15) is 5.26 Å². The highest BCUT2D eigenvalue weighted by atomic mass is 16.5. The lowest BCUT2D eigenvalue weighted by Gasteiger charge is -2.12. The number of hydrogen-bond acceptors (Lipinski definition) is 6. The van der Waals surface area contributed by atoms with Gasteiger partial charge in [-0.15, -0.1) is 0 Å². The van der Waals surface area contributed by atoms with Crippen LogP contribution in [0.2, 0.25) is 0 Å². The van der Waals surface area contributed by atoms with Gasteiger partial charge in [0.1, 0.15) is 11.4 Å². The first kappa shape index (κ1) is 19.1. The average molecular weight is 421 g/mol. The van der Waals surface area contributed by atoms with Crippen molar-refractivity contribution in [2.24, 2.45) is 0 Å². The van der Waals surface area contributed by atoms with E-state index < -0.39 is 0 Å². The lowest BCUT2D eigenvalue weighted by Crippen LogP contribution is -2.07. The largest absolute Gasteiger partial charge is 0.453 e.